The average Bonchev–Trinajstić information content (AvgIpc) is 2.56. The van der Waals surface area contributed by atoms with Gasteiger partial charge in [0, 0.05) is 18.7 Å². The number of ether oxygens (including phenoxy) is 1. The fourth-order valence-corrected chi connectivity index (χ4v) is 2.50. The Labute approximate surface area is 107 Å². The molecule has 0 radical (unpaired) electrons. The van der Waals surface area contributed by atoms with Crippen molar-refractivity contribution in [3.8, 4) is 11.5 Å². The summed E-state index contributed by atoms with van der Waals surface area (Å²) >= 11 is 0. The van der Waals surface area contributed by atoms with Gasteiger partial charge in [0.1, 0.15) is 11.5 Å². The van der Waals surface area contributed by atoms with Crippen LogP contribution in [0, 0.1) is 0 Å². The Hall–Kier alpha value is -1.87. The van der Waals surface area contributed by atoms with Gasteiger partial charge in [-0.05, 0) is 36.7 Å². The third-order valence-electron chi connectivity index (χ3n) is 3.37. The lowest BCUT2D eigenvalue weighted by atomic mass is 9.92. The monoisotopic (exact) mass is 240 g/mol. The summed E-state index contributed by atoms with van der Waals surface area (Å²) in [6.07, 6.45) is 4.61. The number of benzene rings is 1. The largest absolute Gasteiger partial charge is 0.455 e. The van der Waals surface area contributed by atoms with Crippen LogP contribution >= 0.6 is 0 Å². The van der Waals surface area contributed by atoms with E-state index in [2.05, 4.69) is 22.4 Å². The standard InChI is InChI=1S/C15H16N2O/c1-16-9-12-8-11-6-7-17-10-15(11)18-14-5-3-2-4-13(12)14/h2-7,10,12,16H,8-9H2,1H3. The topological polar surface area (TPSA) is 34.2 Å². The normalized spacial score (nSPS) is 17.3. The van der Waals surface area contributed by atoms with E-state index >= 15 is 0 Å². The van der Waals surface area contributed by atoms with Gasteiger partial charge in [-0.3, -0.25) is 4.98 Å². The lowest BCUT2D eigenvalue weighted by Gasteiger charge is -2.15. The Morgan fingerprint density at radius 3 is 3.06 bits per heavy atom. The molecule has 92 valence electrons. The molecule has 0 saturated carbocycles. The predicted molar refractivity (Wildman–Crippen MR) is 71.1 cm³/mol. The summed E-state index contributed by atoms with van der Waals surface area (Å²) in [5.41, 5.74) is 2.49. The minimum Gasteiger partial charge on any atom is -0.455 e. The zero-order valence-electron chi connectivity index (χ0n) is 10.4. The number of aromatic nitrogens is 1. The molecule has 0 spiro atoms. The molecular formula is C15H16N2O. The maximum absolute atomic E-state index is 5.99. The molecule has 18 heavy (non-hydrogen) atoms. The number of hydrogen-bond acceptors (Lipinski definition) is 3. The lowest BCUT2D eigenvalue weighted by Crippen LogP contribution is -2.18. The number of hydrogen-bond donors (Lipinski definition) is 1. The van der Waals surface area contributed by atoms with Crippen molar-refractivity contribution in [3.63, 3.8) is 0 Å². The highest BCUT2D eigenvalue weighted by Gasteiger charge is 2.22. The van der Waals surface area contributed by atoms with E-state index in [1.807, 2.05) is 31.4 Å². The second-order valence-electron chi connectivity index (χ2n) is 4.58. The molecule has 0 bridgehead atoms. The number of fused-ring (bicyclic) bond motifs is 2. The third kappa shape index (κ3) is 1.97. The molecule has 1 unspecified atom stereocenters. The molecule has 1 aliphatic heterocycles. The summed E-state index contributed by atoms with van der Waals surface area (Å²) in [7, 11) is 1.99. The fourth-order valence-electron chi connectivity index (χ4n) is 2.50. The van der Waals surface area contributed by atoms with Crippen molar-refractivity contribution < 1.29 is 4.74 Å². The summed E-state index contributed by atoms with van der Waals surface area (Å²) in [4.78, 5) is 4.14. The molecule has 3 nitrogen and oxygen atoms in total. The van der Waals surface area contributed by atoms with Crippen molar-refractivity contribution in [3.05, 3.63) is 53.9 Å². The molecule has 1 aromatic heterocycles. The minimum atomic E-state index is 0.440. The molecular weight excluding hydrogens is 224 g/mol. The van der Waals surface area contributed by atoms with Crippen LogP contribution in [0.4, 0.5) is 0 Å². The summed E-state index contributed by atoms with van der Waals surface area (Å²) < 4.78 is 5.99. The van der Waals surface area contributed by atoms with Crippen LogP contribution in [-0.2, 0) is 6.42 Å². The Bertz CT molecular complexity index is 554. The molecule has 2 heterocycles. The van der Waals surface area contributed by atoms with Gasteiger partial charge in [-0.1, -0.05) is 18.2 Å². The van der Waals surface area contributed by atoms with Crippen LogP contribution in [0.5, 0.6) is 11.5 Å². The van der Waals surface area contributed by atoms with Crippen LogP contribution in [0.3, 0.4) is 0 Å². The second kappa shape index (κ2) is 4.78. The first kappa shape index (κ1) is 11.2. The number of nitrogens with one attached hydrogen (secondary N) is 1. The van der Waals surface area contributed by atoms with Gasteiger partial charge in [0.2, 0.25) is 0 Å². The van der Waals surface area contributed by atoms with Gasteiger partial charge < -0.3 is 10.1 Å². The molecule has 3 rings (SSSR count). The smallest absolute Gasteiger partial charge is 0.148 e. The first-order valence-electron chi connectivity index (χ1n) is 6.22. The molecule has 3 heteroatoms. The van der Waals surface area contributed by atoms with Crippen molar-refractivity contribution in [2.24, 2.45) is 0 Å². The molecule has 1 aromatic carbocycles. The van der Waals surface area contributed by atoms with Crippen LogP contribution in [0.1, 0.15) is 17.0 Å². The molecule has 2 aromatic rings. The number of likely N-dealkylation sites (N-methyl/N-ethyl adjacent to an activating group) is 1. The summed E-state index contributed by atoms with van der Waals surface area (Å²) in [6.45, 7) is 0.947. The van der Waals surface area contributed by atoms with Crippen molar-refractivity contribution in [2.75, 3.05) is 13.6 Å². The highest BCUT2D eigenvalue weighted by atomic mass is 16.5. The van der Waals surface area contributed by atoms with Gasteiger partial charge in [0.15, 0.2) is 0 Å². The number of pyridine rings is 1. The average molecular weight is 240 g/mol. The van der Waals surface area contributed by atoms with Gasteiger partial charge in [-0.25, -0.2) is 0 Å². The number of para-hydroxylation sites is 1. The zero-order valence-corrected chi connectivity index (χ0v) is 10.4. The van der Waals surface area contributed by atoms with E-state index in [1.54, 1.807) is 6.20 Å². The molecule has 0 aliphatic carbocycles. The van der Waals surface area contributed by atoms with Crippen LogP contribution < -0.4 is 10.1 Å². The number of nitrogens with zero attached hydrogens (tertiary/aromatic N) is 1. The highest BCUT2D eigenvalue weighted by molar-refractivity contribution is 5.46. The summed E-state index contributed by atoms with van der Waals surface area (Å²) in [5.74, 6) is 2.27. The third-order valence-corrected chi connectivity index (χ3v) is 3.37. The molecule has 0 amide bonds. The van der Waals surface area contributed by atoms with Crippen molar-refractivity contribution in [2.45, 2.75) is 12.3 Å². The second-order valence-corrected chi connectivity index (χ2v) is 4.58. The Kier molecular flexibility index (Phi) is 2.99. The van der Waals surface area contributed by atoms with Gasteiger partial charge >= 0.3 is 0 Å². The molecule has 0 saturated heterocycles. The van der Waals surface area contributed by atoms with Gasteiger partial charge in [0.25, 0.3) is 0 Å². The van der Waals surface area contributed by atoms with Crippen molar-refractivity contribution >= 4 is 0 Å². The summed E-state index contributed by atoms with van der Waals surface area (Å²) in [5, 5.41) is 3.27. The van der Waals surface area contributed by atoms with E-state index in [4.69, 9.17) is 4.74 Å². The Morgan fingerprint density at radius 2 is 2.17 bits per heavy atom. The van der Waals surface area contributed by atoms with E-state index in [1.165, 1.54) is 11.1 Å². The van der Waals surface area contributed by atoms with E-state index < -0.39 is 0 Å². The van der Waals surface area contributed by atoms with Crippen molar-refractivity contribution in [1.29, 1.82) is 0 Å². The van der Waals surface area contributed by atoms with Crippen LogP contribution in [-0.4, -0.2) is 18.6 Å². The van der Waals surface area contributed by atoms with Crippen LogP contribution in [0.25, 0.3) is 0 Å². The fraction of sp³-hybridized carbons (Fsp3) is 0.267. The Balaban J connectivity index is 2.08. The SMILES string of the molecule is CNCC1Cc2ccncc2Oc2ccccc21. The quantitative estimate of drug-likeness (QED) is 0.876. The first-order valence-corrected chi connectivity index (χ1v) is 6.22. The highest BCUT2D eigenvalue weighted by Crippen LogP contribution is 2.38. The summed E-state index contributed by atoms with van der Waals surface area (Å²) in [6, 6.07) is 10.3. The minimum absolute atomic E-state index is 0.440. The maximum Gasteiger partial charge on any atom is 0.148 e. The van der Waals surface area contributed by atoms with Gasteiger partial charge in [0.05, 0.1) is 6.20 Å². The predicted octanol–water partition coefficient (Wildman–Crippen LogP) is 2.73. The number of rotatable bonds is 2. The van der Waals surface area contributed by atoms with E-state index in [9.17, 15) is 0 Å². The maximum atomic E-state index is 5.99. The molecule has 1 atom stereocenters. The molecule has 1 N–H and O–H groups in total. The Morgan fingerprint density at radius 1 is 1.28 bits per heavy atom. The van der Waals surface area contributed by atoms with Gasteiger partial charge in [-0.2, -0.15) is 0 Å². The van der Waals surface area contributed by atoms with E-state index in [-0.39, 0.29) is 0 Å². The first-order chi connectivity index (χ1) is 8.88. The molecule has 0 fully saturated rings. The van der Waals surface area contributed by atoms with Gasteiger partial charge in [-0.15, -0.1) is 0 Å². The molecule has 1 aliphatic rings. The van der Waals surface area contributed by atoms with E-state index in [0.29, 0.717) is 5.92 Å². The van der Waals surface area contributed by atoms with Crippen LogP contribution in [0.2, 0.25) is 0 Å². The van der Waals surface area contributed by atoms with Crippen molar-refractivity contribution in [1.82, 2.24) is 10.3 Å². The lowest BCUT2D eigenvalue weighted by molar-refractivity contribution is 0.475. The zero-order chi connectivity index (χ0) is 12.4. The van der Waals surface area contributed by atoms with Crippen LogP contribution in [0.15, 0.2) is 42.7 Å². The van der Waals surface area contributed by atoms with E-state index in [0.717, 1.165) is 24.5 Å².